The van der Waals surface area contributed by atoms with Gasteiger partial charge in [-0.1, -0.05) is 6.07 Å². The molecule has 0 amide bonds. The maximum Gasteiger partial charge on any atom is 0.433 e. The zero-order chi connectivity index (χ0) is 17.7. The third kappa shape index (κ3) is 5.15. The van der Waals surface area contributed by atoms with Gasteiger partial charge in [-0.3, -0.25) is 0 Å². The van der Waals surface area contributed by atoms with Crippen molar-refractivity contribution in [2.75, 3.05) is 26.2 Å². The minimum absolute atomic E-state index is 0.0296. The summed E-state index contributed by atoms with van der Waals surface area (Å²) in [6.45, 7) is 3.90. The number of aromatic nitrogens is 4. The van der Waals surface area contributed by atoms with Crippen molar-refractivity contribution in [3.8, 4) is 5.88 Å². The van der Waals surface area contributed by atoms with Crippen LogP contribution in [0.2, 0.25) is 0 Å². The van der Waals surface area contributed by atoms with Crippen molar-refractivity contribution in [1.82, 2.24) is 24.9 Å². The van der Waals surface area contributed by atoms with Gasteiger partial charge in [0.15, 0.2) is 0 Å². The van der Waals surface area contributed by atoms with E-state index in [4.69, 9.17) is 4.74 Å². The van der Waals surface area contributed by atoms with E-state index in [0.717, 1.165) is 45.1 Å². The zero-order valence-electron chi connectivity index (χ0n) is 13.7. The van der Waals surface area contributed by atoms with Crippen molar-refractivity contribution in [3.05, 3.63) is 36.3 Å². The van der Waals surface area contributed by atoms with Crippen molar-refractivity contribution >= 4 is 0 Å². The molecule has 0 aromatic carbocycles. The van der Waals surface area contributed by atoms with Gasteiger partial charge in [0.1, 0.15) is 5.69 Å². The topological polar surface area (TPSA) is 56.1 Å². The predicted molar refractivity (Wildman–Crippen MR) is 83.9 cm³/mol. The summed E-state index contributed by atoms with van der Waals surface area (Å²) >= 11 is 0. The van der Waals surface area contributed by atoms with Gasteiger partial charge in [0.25, 0.3) is 0 Å². The van der Waals surface area contributed by atoms with Crippen LogP contribution in [0.3, 0.4) is 0 Å². The molecule has 0 bridgehead atoms. The molecule has 0 atom stereocenters. The lowest BCUT2D eigenvalue weighted by Gasteiger charge is -2.31. The van der Waals surface area contributed by atoms with E-state index in [1.807, 2.05) is 0 Å². The van der Waals surface area contributed by atoms with E-state index >= 15 is 0 Å². The van der Waals surface area contributed by atoms with Crippen LogP contribution in [-0.2, 0) is 12.7 Å². The molecular weight excluding hydrogens is 335 g/mol. The molecule has 9 heteroatoms. The fraction of sp³-hybridized carbons (Fsp3) is 0.562. The van der Waals surface area contributed by atoms with Crippen LogP contribution in [0, 0.1) is 5.92 Å². The van der Waals surface area contributed by atoms with E-state index in [9.17, 15) is 13.2 Å². The molecule has 6 nitrogen and oxygen atoms in total. The van der Waals surface area contributed by atoms with Gasteiger partial charge < -0.3 is 9.64 Å². The zero-order valence-corrected chi connectivity index (χ0v) is 13.7. The average molecular weight is 355 g/mol. The van der Waals surface area contributed by atoms with Gasteiger partial charge >= 0.3 is 6.18 Å². The van der Waals surface area contributed by atoms with Crippen LogP contribution in [0.25, 0.3) is 0 Å². The maximum absolute atomic E-state index is 12.6. The number of piperidine rings is 1. The summed E-state index contributed by atoms with van der Waals surface area (Å²) in [5.41, 5.74) is -0.924. The van der Waals surface area contributed by atoms with Gasteiger partial charge in [-0.2, -0.15) is 28.2 Å². The lowest BCUT2D eigenvalue weighted by molar-refractivity contribution is -0.141. The number of alkyl halides is 3. The van der Waals surface area contributed by atoms with Crippen LogP contribution in [0.5, 0.6) is 5.88 Å². The lowest BCUT2D eigenvalue weighted by atomic mass is 9.98. The summed E-state index contributed by atoms with van der Waals surface area (Å²) in [4.78, 5) is 7.52. The van der Waals surface area contributed by atoms with E-state index < -0.39 is 11.9 Å². The number of likely N-dealkylation sites (tertiary alicyclic amines) is 1. The number of hydrogen-bond donors (Lipinski definition) is 0. The Morgan fingerprint density at radius 2 is 1.80 bits per heavy atom. The van der Waals surface area contributed by atoms with Crippen molar-refractivity contribution in [3.63, 3.8) is 0 Å². The van der Waals surface area contributed by atoms with E-state index in [1.54, 1.807) is 17.2 Å². The van der Waals surface area contributed by atoms with Crippen LogP contribution >= 0.6 is 0 Å². The largest absolute Gasteiger partial charge is 0.477 e. The molecule has 0 unspecified atom stereocenters. The second kappa shape index (κ2) is 7.81. The summed E-state index contributed by atoms with van der Waals surface area (Å²) in [7, 11) is 0. The highest BCUT2D eigenvalue weighted by Crippen LogP contribution is 2.28. The third-order valence-electron chi connectivity index (χ3n) is 4.27. The molecule has 1 saturated heterocycles. The Morgan fingerprint density at radius 3 is 2.48 bits per heavy atom. The molecule has 0 saturated carbocycles. The Bertz CT molecular complexity index is 654. The number of ether oxygens (including phenoxy) is 1. The molecule has 25 heavy (non-hydrogen) atoms. The quantitative estimate of drug-likeness (QED) is 0.797. The van der Waals surface area contributed by atoms with Crippen LogP contribution < -0.4 is 4.74 Å². The molecular formula is C16H20F3N5O. The first-order valence-electron chi connectivity index (χ1n) is 8.24. The molecule has 0 radical (unpaired) electrons. The average Bonchev–Trinajstić information content (AvgIpc) is 3.12. The first-order chi connectivity index (χ1) is 12.0. The number of nitrogens with zero attached hydrogens (tertiary/aromatic N) is 5. The Labute approximate surface area is 143 Å². The second-order valence-corrected chi connectivity index (χ2v) is 6.08. The van der Waals surface area contributed by atoms with Gasteiger partial charge in [0.05, 0.1) is 25.5 Å². The lowest BCUT2D eigenvalue weighted by Crippen LogP contribution is -2.37. The first-order valence-corrected chi connectivity index (χ1v) is 8.24. The molecule has 1 aliphatic rings. The molecule has 3 rings (SSSR count). The van der Waals surface area contributed by atoms with Gasteiger partial charge in [-0.15, -0.1) is 0 Å². The molecule has 2 aromatic heterocycles. The Hall–Kier alpha value is -2.16. The SMILES string of the molecule is FC(F)(F)c1cccc(OCC2CCN(CCn3nccn3)CC2)n1. The number of rotatable bonds is 6. The molecule has 2 aromatic rings. The van der Waals surface area contributed by atoms with Crippen LogP contribution in [0.4, 0.5) is 13.2 Å². The maximum atomic E-state index is 12.6. The fourth-order valence-electron chi connectivity index (χ4n) is 2.82. The van der Waals surface area contributed by atoms with E-state index in [1.165, 1.54) is 12.1 Å². The smallest absolute Gasteiger partial charge is 0.433 e. The standard InChI is InChI=1S/C16H20F3N5O/c17-16(18,19)14-2-1-3-15(22-14)25-12-13-4-8-23(9-5-13)10-11-24-20-6-7-21-24/h1-3,6-7,13H,4-5,8-12H2. The van der Waals surface area contributed by atoms with E-state index in [-0.39, 0.29) is 5.88 Å². The summed E-state index contributed by atoms with van der Waals surface area (Å²) < 4.78 is 43.4. The van der Waals surface area contributed by atoms with Gasteiger partial charge in [-0.25, -0.2) is 4.98 Å². The minimum Gasteiger partial charge on any atom is -0.477 e. The van der Waals surface area contributed by atoms with Gasteiger partial charge in [-0.05, 0) is 37.9 Å². The van der Waals surface area contributed by atoms with Crippen LogP contribution in [0.1, 0.15) is 18.5 Å². The van der Waals surface area contributed by atoms with Crippen LogP contribution in [-0.4, -0.2) is 51.1 Å². The molecule has 0 aliphatic carbocycles. The van der Waals surface area contributed by atoms with Crippen molar-refractivity contribution < 1.29 is 17.9 Å². The Morgan fingerprint density at radius 1 is 1.08 bits per heavy atom. The van der Waals surface area contributed by atoms with Gasteiger partial charge in [0.2, 0.25) is 5.88 Å². The molecule has 3 heterocycles. The number of halogens is 3. The molecule has 0 spiro atoms. The van der Waals surface area contributed by atoms with E-state index in [2.05, 4.69) is 20.1 Å². The van der Waals surface area contributed by atoms with Gasteiger partial charge in [0, 0.05) is 12.6 Å². The Balaban J connectivity index is 1.40. The Kier molecular flexibility index (Phi) is 5.52. The molecule has 136 valence electrons. The normalized spacial score (nSPS) is 16.9. The fourth-order valence-corrected chi connectivity index (χ4v) is 2.82. The highest BCUT2D eigenvalue weighted by Gasteiger charge is 2.32. The molecule has 1 aliphatic heterocycles. The highest BCUT2D eigenvalue weighted by molar-refractivity contribution is 5.17. The number of pyridine rings is 1. The molecule has 1 fully saturated rings. The van der Waals surface area contributed by atoms with Crippen molar-refractivity contribution in [2.45, 2.75) is 25.6 Å². The summed E-state index contributed by atoms with van der Waals surface area (Å²) in [5.74, 6) is 0.359. The highest BCUT2D eigenvalue weighted by atomic mass is 19.4. The van der Waals surface area contributed by atoms with Crippen LogP contribution in [0.15, 0.2) is 30.6 Å². The van der Waals surface area contributed by atoms with E-state index in [0.29, 0.717) is 12.5 Å². The van der Waals surface area contributed by atoms with Crippen molar-refractivity contribution in [1.29, 1.82) is 0 Å². The predicted octanol–water partition coefficient (Wildman–Crippen LogP) is 2.48. The molecule has 0 N–H and O–H groups in total. The summed E-state index contributed by atoms with van der Waals surface area (Å²) in [6.07, 6.45) is 0.766. The minimum atomic E-state index is -4.45. The summed E-state index contributed by atoms with van der Waals surface area (Å²) in [5, 5.41) is 8.15. The first kappa shape index (κ1) is 17.7. The summed E-state index contributed by atoms with van der Waals surface area (Å²) in [6, 6.07) is 3.72. The number of hydrogen-bond acceptors (Lipinski definition) is 5. The monoisotopic (exact) mass is 355 g/mol. The third-order valence-corrected chi connectivity index (χ3v) is 4.27. The van der Waals surface area contributed by atoms with Crippen molar-refractivity contribution in [2.24, 2.45) is 5.92 Å². The second-order valence-electron chi connectivity index (χ2n) is 6.08.